The fourth-order valence-corrected chi connectivity index (χ4v) is 1.74. The van der Waals surface area contributed by atoms with Crippen LogP contribution in [0.5, 0.6) is 0 Å². The van der Waals surface area contributed by atoms with E-state index in [0.717, 1.165) is 5.56 Å². The van der Waals surface area contributed by atoms with E-state index in [2.05, 4.69) is 15.5 Å². The minimum absolute atomic E-state index is 0.0568. The number of carbonyl (C=O) groups excluding carboxylic acids is 1. The highest BCUT2D eigenvalue weighted by Crippen LogP contribution is 2.15. The second-order valence-electron chi connectivity index (χ2n) is 4.07. The van der Waals surface area contributed by atoms with Crippen molar-refractivity contribution in [1.29, 1.82) is 0 Å². The van der Waals surface area contributed by atoms with Crippen LogP contribution in [0.15, 0.2) is 12.4 Å². The largest absolute Gasteiger partial charge is 0.379 e. The molecular weight excluding hydrogens is 208 g/mol. The van der Waals surface area contributed by atoms with Gasteiger partial charge in [-0.15, -0.1) is 0 Å². The van der Waals surface area contributed by atoms with Gasteiger partial charge in [-0.1, -0.05) is 0 Å². The quantitative estimate of drug-likeness (QED) is 0.649. The third-order valence-electron chi connectivity index (χ3n) is 2.84. The fraction of sp³-hybridized carbons (Fsp3) is 0.600. The summed E-state index contributed by atoms with van der Waals surface area (Å²) in [6.45, 7) is 2.77. The van der Waals surface area contributed by atoms with E-state index >= 15 is 0 Å². The van der Waals surface area contributed by atoms with Gasteiger partial charge in [0.05, 0.1) is 31.4 Å². The van der Waals surface area contributed by atoms with E-state index in [1.807, 2.05) is 6.92 Å². The van der Waals surface area contributed by atoms with Crippen LogP contribution in [-0.4, -0.2) is 35.4 Å². The van der Waals surface area contributed by atoms with Gasteiger partial charge in [0.25, 0.3) is 0 Å². The molecule has 0 saturated carbocycles. The van der Waals surface area contributed by atoms with Crippen molar-refractivity contribution in [2.75, 3.05) is 13.2 Å². The molecule has 6 nitrogen and oxygen atoms in total. The van der Waals surface area contributed by atoms with Crippen molar-refractivity contribution in [3.63, 3.8) is 0 Å². The lowest BCUT2D eigenvalue weighted by molar-refractivity contribution is -0.125. The number of nitrogens with one attached hydrogen (secondary N) is 2. The van der Waals surface area contributed by atoms with Gasteiger partial charge in [-0.25, -0.2) is 0 Å². The lowest BCUT2D eigenvalue weighted by Gasteiger charge is -2.17. The van der Waals surface area contributed by atoms with Gasteiger partial charge < -0.3 is 15.8 Å². The number of nitrogens with zero attached hydrogens (tertiary/aromatic N) is 1. The van der Waals surface area contributed by atoms with Gasteiger partial charge >= 0.3 is 0 Å². The molecule has 1 amide bonds. The summed E-state index contributed by atoms with van der Waals surface area (Å²) in [5.41, 5.74) is 6.72. The van der Waals surface area contributed by atoms with Crippen molar-refractivity contribution in [1.82, 2.24) is 15.5 Å². The van der Waals surface area contributed by atoms with E-state index in [1.54, 1.807) is 12.4 Å². The molecular formula is C10H16N4O2. The number of carbonyl (C=O) groups is 1. The first kappa shape index (κ1) is 11.1. The molecule has 0 aromatic carbocycles. The first-order valence-corrected chi connectivity index (χ1v) is 5.31. The second-order valence-corrected chi connectivity index (χ2v) is 4.07. The molecule has 0 bridgehead atoms. The summed E-state index contributed by atoms with van der Waals surface area (Å²) >= 11 is 0. The maximum absolute atomic E-state index is 11.9. The van der Waals surface area contributed by atoms with Gasteiger partial charge in [0.2, 0.25) is 5.91 Å². The molecule has 1 aliphatic heterocycles. The zero-order valence-electron chi connectivity index (χ0n) is 9.14. The predicted molar refractivity (Wildman–Crippen MR) is 57.4 cm³/mol. The van der Waals surface area contributed by atoms with E-state index in [-0.39, 0.29) is 23.9 Å². The van der Waals surface area contributed by atoms with Crippen LogP contribution in [0.1, 0.15) is 18.5 Å². The monoisotopic (exact) mass is 224 g/mol. The van der Waals surface area contributed by atoms with Gasteiger partial charge in [-0.3, -0.25) is 9.89 Å². The number of ether oxygens (including phenoxy) is 1. The Morgan fingerprint density at radius 1 is 1.75 bits per heavy atom. The summed E-state index contributed by atoms with van der Waals surface area (Å²) in [5, 5.41) is 9.44. The standard InChI is InChI=1S/C10H16N4O2/c1-6(7-2-12-13-3-7)14-10(15)8-4-16-5-9(8)11/h2-3,6,8-9H,4-5,11H2,1H3,(H,12,13)(H,14,15). The highest BCUT2D eigenvalue weighted by atomic mass is 16.5. The van der Waals surface area contributed by atoms with Crippen molar-refractivity contribution in [3.8, 4) is 0 Å². The number of hydrogen-bond donors (Lipinski definition) is 3. The number of aromatic nitrogens is 2. The highest BCUT2D eigenvalue weighted by Gasteiger charge is 2.31. The molecule has 0 radical (unpaired) electrons. The van der Waals surface area contributed by atoms with Crippen molar-refractivity contribution < 1.29 is 9.53 Å². The summed E-state index contributed by atoms with van der Waals surface area (Å²) in [7, 11) is 0. The number of H-pyrrole nitrogens is 1. The van der Waals surface area contributed by atoms with E-state index in [4.69, 9.17) is 10.5 Å². The van der Waals surface area contributed by atoms with Crippen molar-refractivity contribution in [3.05, 3.63) is 18.0 Å². The van der Waals surface area contributed by atoms with Crippen LogP contribution >= 0.6 is 0 Å². The lowest BCUT2D eigenvalue weighted by Crippen LogP contribution is -2.41. The average molecular weight is 224 g/mol. The highest BCUT2D eigenvalue weighted by molar-refractivity contribution is 5.80. The SMILES string of the molecule is CC(NC(=O)C1COCC1N)c1cn[nH]c1. The average Bonchev–Trinajstić information content (AvgIpc) is 2.86. The number of rotatable bonds is 3. The molecule has 4 N–H and O–H groups in total. The first-order chi connectivity index (χ1) is 7.68. The summed E-state index contributed by atoms with van der Waals surface area (Å²) in [5.74, 6) is -0.298. The molecule has 88 valence electrons. The van der Waals surface area contributed by atoms with Crippen LogP contribution in [0, 0.1) is 5.92 Å². The number of amides is 1. The molecule has 1 aromatic heterocycles. The Bertz CT molecular complexity index is 352. The Morgan fingerprint density at radius 3 is 3.12 bits per heavy atom. The molecule has 0 aliphatic carbocycles. The van der Waals surface area contributed by atoms with Crippen molar-refractivity contribution in [2.45, 2.75) is 19.0 Å². The van der Waals surface area contributed by atoms with Crippen molar-refractivity contribution in [2.24, 2.45) is 11.7 Å². The van der Waals surface area contributed by atoms with E-state index in [9.17, 15) is 4.79 Å². The second kappa shape index (κ2) is 4.63. The minimum atomic E-state index is -0.241. The molecule has 6 heteroatoms. The first-order valence-electron chi connectivity index (χ1n) is 5.31. The van der Waals surface area contributed by atoms with E-state index in [1.165, 1.54) is 0 Å². The van der Waals surface area contributed by atoms with Gasteiger partial charge in [-0.2, -0.15) is 5.10 Å². The molecule has 1 aliphatic rings. The summed E-state index contributed by atoms with van der Waals surface area (Å²) in [6, 6.07) is -0.268. The number of aromatic amines is 1. The Morgan fingerprint density at radius 2 is 2.56 bits per heavy atom. The number of nitrogens with two attached hydrogens (primary N) is 1. The Balaban J connectivity index is 1.92. The molecule has 0 spiro atoms. The van der Waals surface area contributed by atoms with Gasteiger partial charge in [0.1, 0.15) is 0 Å². The summed E-state index contributed by atoms with van der Waals surface area (Å²) in [6.07, 6.45) is 3.45. The van der Waals surface area contributed by atoms with Crippen molar-refractivity contribution >= 4 is 5.91 Å². The van der Waals surface area contributed by atoms with Crippen LogP contribution in [0.3, 0.4) is 0 Å². The Kier molecular flexibility index (Phi) is 3.21. The van der Waals surface area contributed by atoms with Crippen LogP contribution < -0.4 is 11.1 Å². The zero-order chi connectivity index (χ0) is 11.5. The van der Waals surface area contributed by atoms with Crippen LogP contribution in [0.4, 0.5) is 0 Å². The molecule has 2 rings (SSSR count). The van der Waals surface area contributed by atoms with E-state index in [0.29, 0.717) is 13.2 Å². The third-order valence-corrected chi connectivity index (χ3v) is 2.84. The normalized spacial score (nSPS) is 26.6. The zero-order valence-corrected chi connectivity index (χ0v) is 9.14. The maximum Gasteiger partial charge on any atom is 0.227 e. The molecule has 3 atom stereocenters. The van der Waals surface area contributed by atoms with Crippen LogP contribution in [0.2, 0.25) is 0 Å². The molecule has 16 heavy (non-hydrogen) atoms. The van der Waals surface area contributed by atoms with Crippen LogP contribution in [0.25, 0.3) is 0 Å². The fourth-order valence-electron chi connectivity index (χ4n) is 1.74. The summed E-state index contributed by atoms with van der Waals surface area (Å²) in [4.78, 5) is 11.9. The summed E-state index contributed by atoms with van der Waals surface area (Å²) < 4.78 is 5.16. The van der Waals surface area contributed by atoms with E-state index < -0.39 is 0 Å². The van der Waals surface area contributed by atoms with Gasteiger partial charge in [0.15, 0.2) is 0 Å². The third kappa shape index (κ3) is 2.23. The lowest BCUT2D eigenvalue weighted by atomic mass is 10.0. The molecule has 1 aromatic rings. The maximum atomic E-state index is 11.9. The molecule has 3 unspecified atom stereocenters. The topological polar surface area (TPSA) is 93.0 Å². The molecule has 1 fully saturated rings. The predicted octanol–water partition coefficient (Wildman–Crippen LogP) is -0.439. The number of hydrogen-bond acceptors (Lipinski definition) is 4. The molecule has 2 heterocycles. The Labute approximate surface area is 93.5 Å². The Hall–Kier alpha value is -1.40. The van der Waals surface area contributed by atoms with Gasteiger partial charge in [-0.05, 0) is 6.92 Å². The minimum Gasteiger partial charge on any atom is -0.379 e. The molecule has 1 saturated heterocycles. The van der Waals surface area contributed by atoms with Gasteiger partial charge in [0, 0.05) is 17.8 Å². The smallest absolute Gasteiger partial charge is 0.227 e. The van der Waals surface area contributed by atoms with Crippen LogP contribution in [-0.2, 0) is 9.53 Å².